The second kappa shape index (κ2) is 7.07. The van der Waals surface area contributed by atoms with Crippen molar-refractivity contribution in [1.29, 1.82) is 0 Å². The average Bonchev–Trinajstić information content (AvgIpc) is 2.89. The van der Waals surface area contributed by atoms with Crippen molar-refractivity contribution in [3.05, 3.63) is 64.5 Å². The number of hydrogen-bond acceptors (Lipinski definition) is 3. The summed E-state index contributed by atoms with van der Waals surface area (Å²) in [6, 6.07) is 12.4. The molecule has 1 aromatic carbocycles. The minimum Gasteiger partial charge on any atom is -0.450 e. The van der Waals surface area contributed by atoms with Crippen molar-refractivity contribution >= 4 is 27.9 Å². The van der Waals surface area contributed by atoms with E-state index in [1.54, 1.807) is 18.2 Å². The maximum Gasteiger partial charge on any atom is 0.244 e. The van der Waals surface area contributed by atoms with E-state index in [1.807, 2.05) is 30.3 Å². The van der Waals surface area contributed by atoms with Crippen LogP contribution in [0.5, 0.6) is 0 Å². The minimum absolute atomic E-state index is 0.157. The third kappa shape index (κ3) is 4.08. The molecule has 1 heterocycles. The van der Waals surface area contributed by atoms with E-state index in [0.29, 0.717) is 10.4 Å². The summed E-state index contributed by atoms with van der Waals surface area (Å²) in [5.41, 5.74) is 0.859. The predicted octanol–water partition coefficient (Wildman–Crippen LogP) is 2.91. The van der Waals surface area contributed by atoms with Crippen molar-refractivity contribution in [3.8, 4) is 0 Å². The van der Waals surface area contributed by atoms with Crippen LogP contribution in [0.1, 0.15) is 17.4 Å². The van der Waals surface area contributed by atoms with E-state index in [-0.39, 0.29) is 12.5 Å². The SMILES string of the molecule is O=C(/C=C/c1ccc(Br)o1)N[C@@H](CO)c1ccccc1. The van der Waals surface area contributed by atoms with Crippen LogP contribution in [0.2, 0.25) is 0 Å². The molecule has 104 valence electrons. The van der Waals surface area contributed by atoms with Crippen molar-refractivity contribution in [2.45, 2.75) is 6.04 Å². The molecule has 0 saturated carbocycles. The molecule has 0 saturated heterocycles. The molecular formula is C15H14BrNO3. The van der Waals surface area contributed by atoms with Gasteiger partial charge in [0.15, 0.2) is 4.67 Å². The number of carbonyl (C=O) groups excluding carboxylic acids is 1. The molecule has 1 atom stereocenters. The van der Waals surface area contributed by atoms with Gasteiger partial charge in [0.25, 0.3) is 0 Å². The summed E-state index contributed by atoms with van der Waals surface area (Å²) in [6.07, 6.45) is 2.94. The molecule has 2 N–H and O–H groups in total. The first-order chi connectivity index (χ1) is 9.69. The molecule has 0 aliphatic heterocycles. The van der Waals surface area contributed by atoms with Gasteiger partial charge in [0, 0.05) is 6.08 Å². The molecule has 5 heteroatoms. The summed E-state index contributed by atoms with van der Waals surface area (Å²) in [5.74, 6) is 0.285. The molecule has 0 radical (unpaired) electrons. The van der Waals surface area contributed by atoms with E-state index in [1.165, 1.54) is 6.08 Å². The van der Waals surface area contributed by atoms with Crippen molar-refractivity contribution in [3.63, 3.8) is 0 Å². The maximum atomic E-state index is 11.8. The number of hydrogen-bond donors (Lipinski definition) is 2. The Hall–Kier alpha value is -1.85. The van der Waals surface area contributed by atoms with E-state index in [0.717, 1.165) is 5.56 Å². The Morgan fingerprint density at radius 1 is 1.30 bits per heavy atom. The molecule has 2 aromatic rings. The highest BCUT2D eigenvalue weighted by Gasteiger charge is 2.11. The van der Waals surface area contributed by atoms with Gasteiger partial charge >= 0.3 is 0 Å². The average molecular weight is 336 g/mol. The Morgan fingerprint density at radius 2 is 2.05 bits per heavy atom. The molecule has 0 bridgehead atoms. The van der Waals surface area contributed by atoms with Crippen molar-refractivity contribution in [1.82, 2.24) is 5.32 Å². The van der Waals surface area contributed by atoms with E-state index < -0.39 is 6.04 Å². The Morgan fingerprint density at radius 3 is 2.65 bits per heavy atom. The van der Waals surface area contributed by atoms with E-state index in [4.69, 9.17) is 4.42 Å². The number of aliphatic hydroxyl groups excluding tert-OH is 1. The maximum absolute atomic E-state index is 11.8. The number of carbonyl (C=O) groups is 1. The zero-order valence-corrected chi connectivity index (χ0v) is 12.2. The van der Waals surface area contributed by atoms with Crippen LogP contribution in [0, 0.1) is 0 Å². The van der Waals surface area contributed by atoms with E-state index in [2.05, 4.69) is 21.2 Å². The molecule has 20 heavy (non-hydrogen) atoms. The molecule has 0 fully saturated rings. The lowest BCUT2D eigenvalue weighted by Gasteiger charge is -2.15. The van der Waals surface area contributed by atoms with Gasteiger partial charge in [0.05, 0.1) is 12.6 Å². The summed E-state index contributed by atoms with van der Waals surface area (Å²) in [7, 11) is 0. The highest BCUT2D eigenvalue weighted by atomic mass is 79.9. The molecule has 2 rings (SSSR count). The number of furan rings is 1. The van der Waals surface area contributed by atoms with Gasteiger partial charge in [-0.2, -0.15) is 0 Å². The first-order valence-electron chi connectivity index (χ1n) is 6.09. The van der Waals surface area contributed by atoms with Gasteiger partial charge in [-0.1, -0.05) is 30.3 Å². The van der Waals surface area contributed by atoms with Crippen LogP contribution < -0.4 is 5.32 Å². The zero-order chi connectivity index (χ0) is 14.4. The van der Waals surface area contributed by atoms with Crippen LogP contribution in [0.25, 0.3) is 6.08 Å². The van der Waals surface area contributed by atoms with Crippen LogP contribution in [0.4, 0.5) is 0 Å². The van der Waals surface area contributed by atoms with Gasteiger partial charge in [-0.05, 0) is 39.7 Å². The summed E-state index contributed by atoms with van der Waals surface area (Å²) in [4.78, 5) is 11.8. The van der Waals surface area contributed by atoms with Crippen LogP contribution in [0.3, 0.4) is 0 Å². The normalized spacial score (nSPS) is 12.5. The zero-order valence-electron chi connectivity index (χ0n) is 10.6. The lowest BCUT2D eigenvalue weighted by Crippen LogP contribution is -2.29. The number of benzene rings is 1. The molecule has 0 aliphatic rings. The molecule has 0 spiro atoms. The Bertz CT molecular complexity index is 592. The Kier molecular flexibility index (Phi) is 5.15. The lowest BCUT2D eigenvalue weighted by molar-refractivity contribution is -0.117. The largest absolute Gasteiger partial charge is 0.450 e. The third-order valence-electron chi connectivity index (χ3n) is 2.69. The highest BCUT2D eigenvalue weighted by Crippen LogP contribution is 2.15. The summed E-state index contributed by atoms with van der Waals surface area (Å²) < 4.78 is 5.86. The fourth-order valence-electron chi connectivity index (χ4n) is 1.72. The van der Waals surface area contributed by atoms with Crippen molar-refractivity contribution in [2.24, 2.45) is 0 Å². The Labute approximate surface area is 125 Å². The summed E-state index contributed by atoms with van der Waals surface area (Å²) in [6.45, 7) is -0.157. The van der Waals surface area contributed by atoms with Crippen molar-refractivity contribution < 1.29 is 14.3 Å². The second-order valence-electron chi connectivity index (χ2n) is 4.13. The number of nitrogens with one attached hydrogen (secondary N) is 1. The monoisotopic (exact) mass is 335 g/mol. The van der Waals surface area contributed by atoms with Gasteiger partial charge in [-0.25, -0.2) is 0 Å². The molecule has 1 aromatic heterocycles. The van der Waals surface area contributed by atoms with Crippen LogP contribution >= 0.6 is 15.9 Å². The molecule has 0 unspecified atom stereocenters. The van der Waals surface area contributed by atoms with Crippen molar-refractivity contribution in [2.75, 3.05) is 6.61 Å². The predicted molar refractivity (Wildman–Crippen MR) is 79.9 cm³/mol. The quantitative estimate of drug-likeness (QED) is 0.826. The highest BCUT2D eigenvalue weighted by molar-refractivity contribution is 9.10. The van der Waals surface area contributed by atoms with Gasteiger partial charge in [0.1, 0.15) is 5.76 Å². The smallest absolute Gasteiger partial charge is 0.244 e. The van der Waals surface area contributed by atoms with E-state index >= 15 is 0 Å². The fourth-order valence-corrected chi connectivity index (χ4v) is 2.03. The first-order valence-corrected chi connectivity index (χ1v) is 6.88. The van der Waals surface area contributed by atoms with Gasteiger partial charge in [-0.3, -0.25) is 4.79 Å². The van der Waals surface area contributed by atoms with Crippen LogP contribution in [0.15, 0.2) is 57.6 Å². The topological polar surface area (TPSA) is 62.5 Å². The molecular weight excluding hydrogens is 322 g/mol. The minimum atomic E-state index is -0.420. The molecule has 1 amide bonds. The first kappa shape index (κ1) is 14.6. The third-order valence-corrected chi connectivity index (χ3v) is 3.12. The van der Waals surface area contributed by atoms with Gasteiger partial charge < -0.3 is 14.8 Å². The van der Waals surface area contributed by atoms with Crippen LogP contribution in [-0.2, 0) is 4.79 Å². The summed E-state index contributed by atoms with van der Waals surface area (Å²) in [5, 5.41) is 12.1. The summed E-state index contributed by atoms with van der Waals surface area (Å²) >= 11 is 3.19. The standard InChI is InChI=1S/C15H14BrNO3/c16-14-8-6-12(20-14)7-9-15(19)17-13(10-18)11-4-2-1-3-5-11/h1-9,13,18H,10H2,(H,17,19)/b9-7+/t13-/m0/s1. The number of amides is 1. The lowest BCUT2D eigenvalue weighted by atomic mass is 10.1. The van der Waals surface area contributed by atoms with Gasteiger partial charge in [-0.15, -0.1) is 0 Å². The second-order valence-corrected chi connectivity index (χ2v) is 4.91. The van der Waals surface area contributed by atoms with Crippen LogP contribution in [-0.4, -0.2) is 17.6 Å². The number of halogens is 1. The Balaban J connectivity index is 1.98. The molecule has 4 nitrogen and oxygen atoms in total. The van der Waals surface area contributed by atoms with E-state index in [9.17, 15) is 9.90 Å². The number of rotatable bonds is 5. The fraction of sp³-hybridized carbons (Fsp3) is 0.133. The number of aliphatic hydroxyl groups is 1. The van der Waals surface area contributed by atoms with Gasteiger partial charge in [0.2, 0.25) is 5.91 Å². The molecule has 0 aliphatic carbocycles.